The van der Waals surface area contributed by atoms with E-state index in [9.17, 15) is 31.1 Å². The fourth-order valence-electron chi connectivity index (χ4n) is 1.20. The zero-order valence-corrected chi connectivity index (χ0v) is 11.3. The highest BCUT2D eigenvalue weighted by Crippen LogP contribution is 2.39. The van der Waals surface area contributed by atoms with Gasteiger partial charge in [0.1, 0.15) is 0 Å². The summed E-state index contributed by atoms with van der Waals surface area (Å²) in [5.74, 6) is -6.10. The Hall–Kier alpha value is -0.510. The fraction of sp³-hybridized carbons (Fsp3) is 0.889. The summed E-state index contributed by atoms with van der Waals surface area (Å²) in [5, 5.41) is 1.62. The zero-order valence-electron chi connectivity index (χ0n) is 9.74. The highest BCUT2D eigenvalue weighted by Gasteiger charge is 2.60. The number of hydrogen-bond acceptors (Lipinski definition) is 2. The molecular formula is C9H12BrF6NO2. The largest absolute Gasteiger partial charge is 0.409 e. The summed E-state index contributed by atoms with van der Waals surface area (Å²) in [4.78, 5) is 10.7. The highest BCUT2D eigenvalue weighted by molar-refractivity contribution is 9.09. The van der Waals surface area contributed by atoms with Gasteiger partial charge in [0.05, 0.1) is 6.61 Å². The molecule has 114 valence electrons. The van der Waals surface area contributed by atoms with Gasteiger partial charge in [-0.2, -0.15) is 26.3 Å². The second-order valence-corrected chi connectivity index (χ2v) is 4.94. The Morgan fingerprint density at radius 2 is 1.68 bits per heavy atom. The van der Waals surface area contributed by atoms with E-state index in [2.05, 4.69) is 15.9 Å². The van der Waals surface area contributed by atoms with Crippen molar-refractivity contribution in [2.75, 3.05) is 20.3 Å². The number of halogens is 7. The number of rotatable bonds is 6. The van der Waals surface area contributed by atoms with Gasteiger partial charge in [-0.05, 0) is 6.42 Å². The molecular weight excluding hydrogens is 348 g/mol. The zero-order chi connectivity index (χ0) is 15.3. The van der Waals surface area contributed by atoms with Crippen molar-refractivity contribution in [1.29, 1.82) is 0 Å². The monoisotopic (exact) mass is 359 g/mol. The van der Waals surface area contributed by atoms with Gasteiger partial charge < -0.3 is 10.1 Å². The number of hydrogen-bond donors (Lipinski definition) is 1. The molecule has 0 aromatic heterocycles. The van der Waals surface area contributed by atoms with Crippen LogP contribution in [-0.4, -0.2) is 43.3 Å². The summed E-state index contributed by atoms with van der Waals surface area (Å²) in [6.07, 6.45) is -11.2. The third kappa shape index (κ3) is 7.00. The summed E-state index contributed by atoms with van der Waals surface area (Å²) >= 11 is 3.08. The summed E-state index contributed by atoms with van der Waals surface area (Å²) in [7, 11) is 1.39. The van der Waals surface area contributed by atoms with Gasteiger partial charge in [-0.1, -0.05) is 15.9 Å². The van der Waals surface area contributed by atoms with Crippen LogP contribution in [0.15, 0.2) is 0 Å². The predicted octanol–water partition coefficient (Wildman–Crippen LogP) is 2.64. The topological polar surface area (TPSA) is 38.3 Å². The number of ether oxygens (including phenoxy) is 1. The van der Waals surface area contributed by atoms with Crippen LogP contribution in [0.3, 0.4) is 0 Å². The third-order valence-electron chi connectivity index (χ3n) is 2.02. The van der Waals surface area contributed by atoms with Crippen LogP contribution in [0.5, 0.6) is 0 Å². The lowest BCUT2D eigenvalue weighted by atomic mass is 10.1. The van der Waals surface area contributed by atoms with Crippen molar-refractivity contribution >= 4 is 21.8 Å². The molecule has 0 heterocycles. The number of carbonyl (C=O) groups is 1. The lowest BCUT2D eigenvalue weighted by Gasteiger charge is -2.22. The predicted molar refractivity (Wildman–Crippen MR) is 57.8 cm³/mol. The number of nitrogens with one attached hydrogen (secondary N) is 1. The molecule has 0 aromatic rings. The van der Waals surface area contributed by atoms with Crippen LogP contribution in [-0.2, 0) is 9.53 Å². The first-order chi connectivity index (χ1) is 8.50. The lowest BCUT2D eigenvalue weighted by molar-refractivity contribution is -0.274. The third-order valence-corrected chi connectivity index (χ3v) is 2.74. The normalized spacial score (nSPS) is 14.6. The van der Waals surface area contributed by atoms with Gasteiger partial charge in [0, 0.05) is 18.5 Å². The fourth-order valence-corrected chi connectivity index (χ4v) is 1.69. The Labute approximate surface area is 113 Å². The van der Waals surface area contributed by atoms with Gasteiger partial charge in [-0.3, -0.25) is 4.79 Å². The second-order valence-electron chi connectivity index (χ2n) is 3.65. The van der Waals surface area contributed by atoms with E-state index in [0.717, 1.165) is 0 Å². The molecule has 0 rings (SSSR count). The summed E-state index contributed by atoms with van der Waals surface area (Å²) in [6, 6.07) is 0. The molecule has 0 aromatic carbocycles. The first-order valence-electron chi connectivity index (χ1n) is 5.04. The van der Waals surface area contributed by atoms with Crippen molar-refractivity contribution < 1.29 is 35.9 Å². The summed E-state index contributed by atoms with van der Waals surface area (Å²) in [6.45, 7) is -0.0986. The van der Waals surface area contributed by atoms with Crippen LogP contribution in [0.1, 0.15) is 6.42 Å². The molecule has 19 heavy (non-hydrogen) atoms. The summed E-state index contributed by atoms with van der Waals surface area (Å²) in [5.41, 5.74) is 0. The Balaban J connectivity index is 4.44. The molecule has 0 bridgehead atoms. The molecule has 0 aliphatic heterocycles. The van der Waals surface area contributed by atoms with E-state index in [-0.39, 0.29) is 24.4 Å². The Kier molecular flexibility index (Phi) is 7.12. The molecule has 3 nitrogen and oxygen atoms in total. The average molecular weight is 360 g/mol. The quantitative estimate of drug-likeness (QED) is 0.584. The minimum atomic E-state index is -5.66. The standard InChI is InChI=1S/C9H12BrF6NO2/c1-19-4-5(10)2-3-17-7(18)6(8(11,12)13)9(14,15)16/h5-6H,2-4H2,1H3,(H,17,18). The van der Waals surface area contributed by atoms with Gasteiger partial charge in [0.15, 0.2) is 0 Å². The van der Waals surface area contributed by atoms with Gasteiger partial charge in [0.2, 0.25) is 11.8 Å². The van der Waals surface area contributed by atoms with E-state index in [4.69, 9.17) is 4.74 Å². The van der Waals surface area contributed by atoms with E-state index in [1.807, 2.05) is 0 Å². The molecule has 10 heteroatoms. The molecule has 0 saturated carbocycles. The molecule has 0 aliphatic rings. The maximum atomic E-state index is 12.2. The van der Waals surface area contributed by atoms with Crippen molar-refractivity contribution in [2.24, 2.45) is 5.92 Å². The molecule has 0 aliphatic carbocycles. The number of amides is 1. The molecule has 1 N–H and O–H groups in total. The smallest absolute Gasteiger partial charge is 0.384 e. The molecule has 1 atom stereocenters. The molecule has 1 unspecified atom stereocenters. The van der Waals surface area contributed by atoms with Crippen molar-refractivity contribution in [3.63, 3.8) is 0 Å². The Morgan fingerprint density at radius 1 is 1.21 bits per heavy atom. The molecule has 1 amide bonds. The van der Waals surface area contributed by atoms with Crippen LogP contribution in [0.4, 0.5) is 26.3 Å². The maximum absolute atomic E-state index is 12.2. The van der Waals surface area contributed by atoms with E-state index < -0.39 is 24.2 Å². The van der Waals surface area contributed by atoms with E-state index in [1.165, 1.54) is 7.11 Å². The first-order valence-corrected chi connectivity index (χ1v) is 5.95. The number of alkyl halides is 7. The summed E-state index contributed by atoms with van der Waals surface area (Å²) < 4.78 is 77.7. The minimum absolute atomic E-state index is 0.141. The van der Waals surface area contributed by atoms with Gasteiger partial charge in [-0.25, -0.2) is 0 Å². The van der Waals surface area contributed by atoms with Crippen molar-refractivity contribution in [2.45, 2.75) is 23.6 Å². The van der Waals surface area contributed by atoms with Crippen LogP contribution >= 0.6 is 15.9 Å². The maximum Gasteiger partial charge on any atom is 0.409 e. The first kappa shape index (κ1) is 18.5. The van der Waals surface area contributed by atoms with Gasteiger partial charge in [0.25, 0.3) is 0 Å². The van der Waals surface area contributed by atoms with Gasteiger partial charge >= 0.3 is 12.4 Å². The lowest BCUT2D eigenvalue weighted by Crippen LogP contribution is -2.48. The van der Waals surface area contributed by atoms with Crippen molar-refractivity contribution in [3.05, 3.63) is 0 Å². The minimum Gasteiger partial charge on any atom is -0.384 e. The van der Waals surface area contributed by atoms with Crippen LogP contribution in [0.2, 0.25) is 0 Å². The van der Waals surface area contributed by atoms with Gasteiger partial charge in [-0.15, -0.1) is 0 Å². The Morgan fingerprint density at radius 3 is 2.05 bits per heavy atom. The molecule has 0 radical (unpaired) electrons. The molecule has 0 saturated heterocycles. The van der Waals surface area contributed by atoms with Crippen molar-refractivity contribution in [3.8, 4) is 0 Å². The van der Waals surface area contributed by atoms with Crippen molar-refractivity contribution in [1.82, 2.24) is 5.32 Å². The van der Waals surface area contributed by atoms with E-state index >= 15 is 0 Å². The highest BCUT2D eigenvalue weighted by atomic mass is 79.9. The van der Waals surface area contributed by atoms with E-state index in [1.54, 1.807) is 5.32 Å². The molecule has 0 fully saturated rings. The van der Waals surface area contributed by atoms with Crippen LogP contribution in [0.25, 0.3) is 0 Å². The Bertz CT molecular complexity index is 279. The average Bonchev–Trinajstić information content (AvgIpc) is 2.12. The van der Waals surface area contributed by atoms with E-state index in [0.29, 0.717) is 0 Å². The van der Waals surface area contributed by atoms with Crippen LogP contribution in [0, 0.1) is 5.92 Å². The number of methoxy groups -OCH3 is 1. The SMILES string of the molecule is COCC(Br)CCNC(=O)C(C(F)(F)F)C(F)(F)F. The van der Waals surface area contributed by atoms with Crippen LogP contribution < -0.4 is 5.32 Å². The number of carbonyl (C=O) groups excluding carboxylic acids is 1. The second kappa shape index (κ2) is 7.32. The molecule has 0 spiro atoms.